The van der Waals surface area contributed by atoms with Crippen LogP contribution in [-0.2, 0) is 0 Å². The van der Waals surface area contributed by atoms with Gasteiger partial charge in [0, 0.05) is 38.5 Å². The van der Waals surface area contributed by atoms with E-state index in [-0.39, 0.29) is 0 Å². The van der Waals surface area contributed by atoms with E-state index in [1.165, 1.54) is 27.4 Å². The maximum Gasteiger partial charge on any atom is 0.138 e. The molecule has 0 amide bonds. The summed E-state index contributed by atoms with van der Waals surface area (Å²) in [6, 6.07) is 59.8. The molecule has 1 N–H and O–H groups in total. The van der Waals surface area contributed by atoms with Gasteiger partial charge in [-0.3, -0.25) is 0 Å². The third-order valence-electron chi connectivity index (χ3n) is 10.0. The van der Waals surface area contributed by atoms with E-state index in [0.717, 1.165) is 73.5 Å². The van der Waals surface area contributed by atoms with E-state index in [4.69, 9.17) is 9.41 Å². The van der Waals surface area contributed by atoms with Crippen molar-refractivity contribution >= 4 is 61.0 Å². The van der Waals surface area contributed by atoms with E-state index in [1.54, 1.807) is 0 Å². The Morgan fingerprint density at radius 2 is 1.04 bits per heavy atom. The van der Waals surface area contributed by atoms with E-state index >= 15 is 0 Å². The molecule has 246 valence electrons. The molecule has 0 spiro atoms. The lowest BCUT2D eigenvalue weighted by Gasteiger charge is -2.17. The monoisotopic (exact) mass is 667 g/mol. The number of hydrogen-bond donors (Lipinski definition) is 1. The Morgan fingerprint density at radius 1 is 0.462 bits per heavy atom. The summed E-state index contributed by atoms with van der Waals surface area (Å²) in [6.07, 6.45) is 5.19. The third kappa shape index (κ3) is 5.21. The zero-order valence-corrected chi connectivity index (χ0v) is 28.3. The molecule has 52 heavy (non-hydrogen) atoms. The van der Waals surface area contributed by atoms with Gasteiger partial charge < -0.3 is 14.3 Å². The van der Waals surface area contributed by atoms with Crippen LogP contribution in [0.5, 0.6) is 0 Å². The van der Waals surface area contributed by atoms with Crippen LogP contribution in [0.15, 0.2) is 191 Å². The minimum absolute atomic E-state index is 0.746. The Kier molecular flexibility index (Phi) is 7.17. The second-order valence-electron chi connectivity index (χ2n) is 13.2. The number of benzene rings is 7. The lowest BCUT2D eigenvalue weighted by Crippen LogP contribution is -2.24. The molecule has 1 aliphatic rings. The average molecular weight is 668 g/mol. The number of amidine groups is 1. The Balaban J connectivity index is 1.06. The first kappa shape index (κ1) is 30.0. The summed E-state index contributed by atoms with van der Waals surface area (Å²) in [4.78, 5) is 5.16. The highest BCUT2D eigenvalue weighted by Crippen LogP contribution is 2.38. The Labute approximate surface area is 301 Å². The minimum Gasteiger partial charge on any atom is -0.456 e. The van der Waals surface area contributed by atoms with Crippen LogP contribution in [0.4, 0.5) is 0 Å². The maximum absolute atomic E-state index is 6.39. The van der Waals surface area contributed by atoms with Crippen LogP contribution in [-0.4, -0.2) is 10.4 Å². The molecule has 1 aliphatic heterocycles. The fourth-order valence-corrected chi connectivity index (χ4v) is 7.51. The molecule has 0 atom stereocenters. The summed E-state index contributed by atoms with van der Waals surface area (Å²) < 4.78 is 8.74. The molecule has 4 heteroatoms. The van der Waals surface area contributed by atoms with Gasteiger partial charge in [-0.15, -0.1) is 0 Å². The van der Waals surface area contributed by atoms with Crippen molar-refractivity contribution < 1.29 is 4.42 Å². The number of allylic oxidation sites excluding steroid dienone is 2. The Morgan fingerprint density at radius 3 is 1.79 bits per heavy atom. The van der Waals surface area contributed by atoms with Crippen molar-refractivity contribution in [3.05, 3.63) is 199 Å². The van der Waals surface area contributed by atoms with Crippen molar-refractivity contribution in [2.45, 2.75) is 6.42 Å². The summed E-state index contributed by atoms with van der Waals surface area (Å²) in [6.45, 7) is 0. The summed E-state index contributed by atoms with van der Waals surface area (Å²) in [5, 5.41) is 8.37. The molecule has 0 radical (unpaired) electrons. The lowest BCUT2D eigenvalue weighted by atomic mass is 9.99. The van der Waals surface area contributed by atoms with Gasteiger partial charge in [-0.25, -0.2) is 4.99 Å². The van der Waals surface area contributed by atoms with Crippen molar-refractivity contribution in [3.63, 3.8) is 0 Å². The molecule has 0 saturated heterocycles. The largest absolute Gasteiger partial charge is 0.456 e. The van der Waals surface area contributed by atoms with E-state index in [2.05, 4.69) is 168 Å². The number of hydrogen-bond acceptors (Lipinski definition) is 3. The second kappa shape index (κ2) is 12.4. The molecule has 0 aliphatic carbocycles. The van der Waals surface area contributed by atoms with Gasteiger partial charge in [0.05, 0.1) is 16.7 Å². The fourth-order valence-electron chi connectivity index (χ4n) is 7.51. The first-order valence-electron chi connectivity index (χ1n) is 17.7. The Bertz CT molecular complexity index is 2880. The van der Waals surface area contributed by atoms with Crippen molar-refractivity contribution in [1.29, 1.82) is 0 Å². The first-order chi connectivity index (χ1) is 25.8. The van der Waals surface area contributed by atoms with Crippen LogP contribution in [0.25, 0.3) is 72.0 Å². The number of fused-ring (bicyclic) bond motifs is 6. The Hall–Kier alpha value is -6.91. The van der Waals surface area contributed by atoms with Crippen LogP contribution in [0.3, 0.4) is 0 Å². The molecule has 9 aromatic rings. The molecule has 0 saturated carbocycles. The summed E-state index contributed by atoms with van der Waals surface area (Å²) >= 11 is 0. The highest BCUT2D eigenvalue weighted by atomic mass is 16.3. The van der Waals surface area contributed by atoms with Crippen molar-refractivity contribution in [2.24, 2.45) is 4.99 Å². The number of nitrogens with zero attached hydrogens (tertiary/aromatic N) is 2. The van der Waals surface area contributed by atoms with E-state index in [1.807, 2.05) is 24.3 Å². The predicted molar refractivity (Wildman–Crippen MR) is 217 cm³/mol. The standard InChI is InChI=1S/C48H33N3O/c1-4-13-32(14-5-1)42-20-12-21-43(50-48(49-42)33-15-6-2-7-16-33)36-25-28-47-41(31-36)40-30-35(24-27-46(40)52-47)34-23-26-45-39(29-34)38-19-10-11-22-44(38)51(45)37-17-8-3-9-18-37/h1-11,13-31H,12H2,(H,49,50). The average Bonchev–Trinajstić information content (AvgIpc) is 3.73. The molecular formula is C48H33N3O. The zero-order chi connectivity index (χ0) is 34.4. The van der Waals surface area contributed by atoms with E-state index in [0.29, 0.717) is 0 Å². The molecule has 7 aromatic carbocycles. The molecule has 3 heterocycles. The highest BCUT2D eigenvalue weighted by Gasteiger charge is 2.17. The van der Waals surface area contributed by atoms with Crippen LogP contribution in [0.1, 0.15) is 23.1 Å². The van der Waals surface area contributed by atoms with Crippen molar-refractivity contribution in [2.75, 3.05) is 0 Å². The number of aromatic nitrogens is 1. The normalized spacial score (nSPS) is 13.4. The van der Waals surface area contributed by atoms with Gasteiger partial charge in [0.1, 0.15) is 17.0 Å². The molecule has 10 rings (SSSR count). The molecule has 0 fully saturated rings. The molecular weight excluding hydrogens is 635 g/mol. The summed E-state index contributed by atoms with van der Waals surface area (Å²) in [5.74, 6) is 0.810. The SMILES string of the molecule is C1=C(c2ccccc2)N=C(c2ccccc2)NC(c2ccc3oc4ccc(-c5ccc6c(c5)c5ccccc5n6-c5ccccc5)cc4c3c2)=CC1. The summed E-state index contributed by atoms with van der Waals surface area (Å²) in [5.41, 5.74) is 12.8. The van der Waals surface area contributed by atoms with Crippen molar-refractivity contribution in [1.82, 2.24) is 9.88 Å². The molecule has 4 nitrogen and oxygen atoms in total. The van der Waals surface area contributed by atoms with Crippen LogP contribution < -0.4 is 5.32 Å². The fraction of sp³-hybridized carbons (Fsp3) is 0.0208. The number of para-hydroxylation sites is 2. The predicted octanol–water partition coefficient (Wildman–Crippen LogP) is 12.2. The number of nitrogens with one attached hydrogen (secondary N) is 1. The quantitative estimate of drug-likeness (QED) is 0.198. The second-order valence-corrected chi connectivity index (χ2v) is 13.2. The van der Waals surface area contributed by atoms with Gasteiger partial charge in [0.25, 0.3) is 0 Å². The van der Waals surface area contributed by atoms with Gasteiger partial charge in [-0.2, -0.15) is 0 Å². The van der Waals surface area contributed by atoms with Gasteiger partial charge in [-0.05, 0) is 89.3 Å². The first-order valence-corrected chi connectivity index (χ1v) is 17.7. The minimum atomic E-state index is 0.746. The number of aliphatic imine (C=N–C) groups is 1. The highest BCUT2D eigenvalue weighted by molar-refractivity contribution is 6.12. The number of furan rings is 1. The van der Waals surface area contributed by atoms with Gasteiger partial charge in [-0.1, -0.05) is 121 Å². The van der Waals surface area contributed by atoms with Crippen LogP contribution >= 0.6 is 0 Å². The van der Waals surface area contributed by atoms with E-state index in [9.17, 15) is 0 Å². The van der Waals surface area contributed by atoms with Crippen LogP contribution in [0, 0.1) is 0 Å². The molecule has 2 aromatic heterocycles. The maximum atomic E-state index is 6.39. The topological polar surface area (TPSA) is 42.5 Å². The molecule has 0 unspecified atom stereocenters. The smallest absolute Gasteiger partial charge is 0.138 e. The zero-order valence-electron chi connectivity index (χ0n) is 28.3. The van der Waals surface area contributed by atoms with Gasteiger partial charge in [0.15, 0.2) is 0 Å². The number of rotatable bonds is 5. The van der Waals surface area contributed by atoms with E-state index < -0.39 is 0 Å². The lowest BCUT2D eigenvalue weighted by molar-refractivity contribution is 0.669. The summed E-state index contributed by atoms with van der Waals surface area (Å²) in [7, 11) is 0. The van der Waals surface area contributed by atoms with Gasteiger partial charge in [0.2, 0.25) is 0 Å². The van der Waals surface area contributed by atoms with Gasteiger partial charge >= 0.3 is 0 Å². The molecule has 0 bridgehead atoms. The van der Waals surface area contributed by atoms with Crippen LogP contribution in [0.2, 0.25) is 0 Å². The third-order valence-corrected chi connectivity index (χ3v) is 10.0. The van der Waals surface area contributed by atoms with Crippen molar-refractivity contribution in [3.8, 4) is 16.8 Å².